The Hall–Kier alpha value is -2.04. The molecule has 0 aromatic heterocycles. The average molecular weight is 372 g/mol. The van der Waals surface area contributed by atoms with Crippen molar-refractivity contribution in [3.8, 4) is 5.75 Å². The van der Waals surface area contributed by atoms with E-state index in [9.17, 15) is 14.7 Å². The highest BCUT2D eigenvalue weighted by atomic mass is 16.5. The normalized spacial score (nSPS) is 34.3. The average Bonchev–Trinajstić information content (AvgIpc) is 2.96. The maximum Gasteiger partial charge on any atom is 0.306 e. The van der Waals surface area contributed by atoms with Gasteiger partial charge in [0.05, 0.1) is 12.8 Å². The molecule has 0 radical (unpaired) electrons. The third kappa shape index (κ3) is 3.21. The molecule has 0 aliphatic heterocycles. The third-order valence-corrected chi connectivity index (χ3v) is 7.44. The van der Waals surface area contributed by atoms with E-state index in [0.29, 0.717) is 23.5 Å². The van der Waals surface area contributed by atoms with Gasteiger partial charge in [-0.25, -0.2) is 0 Å². The molecule has 3 aliphatic rings. The highest BCUT2D eigenvalue weighted by Crippen LogP contribution is 2.61. The van der Waals surface area contributed by atoms with E-state index >= 15 is 0 Å². The van der Waals surface area contributed by atoms with Crippen molar-refractivity contribution < 1.29 is 24.5 Å². The van der Waals surface area contributed by atoms with Gasteiger partial charge in [0.15, 0.2) is 0 Å². The number of aromatic hydroxyl groups is 1. The number of fused-ring (bicyclic) bond motifs is 5. The highest BCUT2D eigenvalue weighted by Gasteiger charge is 2.56. The summed E-state index contributed by atoms with van der Waals surface area (Å²) in [6.07, 6.45) is 5.88. The van der Waals surface area contributed by atoms with Gasteiger partial charge < -0.3 is 14.9 Å². The molecule has 0 bridgehead atoms. The number of carbonyl (C=O) groups is 2. The topological polar surface area (TPSA) is 83.8 Å². The Labute approximate surface area is 159 Å². The lowest BCUT2D eigenvalue weighted by Crippen LogP contribution is -2.45. The van der Waals surface area contributed by atoms with Gasteiger partial charge in [0.2, 0.25) is 0 Å². The fourth-order valence-corrected chi connectivity index (χ4v) is 6.14. The van der Waals surface area contributed by atoms with E-state index in [4.69, 9.17) is 9.84 Å². The summed E-state index contributed by atoms with van der Waals surface area (Å²) >= 11 is 0. The van der Waals surface area contributed by atoms with E-state index in [0.717, 1.165) is 38.5 Å². The van der Waals surface area contributed by atoms with Crippen molar-refractivity contribution in [2.75, 3.05) is 0 Å². The molecule has 0 amide bonds. The van der Waals surface area contributed by atoms with Crippen LogP contribution in [-0.4, -0.2) is 28.3 Å². The fraction of sp³-hybridized carbons (Fsp3) is 0.636. The molecule has 146 valence electrons. The Kier molecular flexibility index (Phi) is 4.65. The highest BCUT2D eigenvalue weighted by molar-refractivity contribution is 5.76. The van der Waals surface area contributed by atoms with Crippen LogP contribution in [0.1, 0.15) is 68.9 Å². The van der Waals surface area contributed by atoms with Crippen LogP contribution in [0.25, 0.3) is 0 Å². The number of hydrogen-bond acceptors (Lipinski definition) is 4. The SMILES string of the molecule is C[C@@]12CC[C@@H]3c4ccc(O)cc4CC[C@H]3[C@@H]1CC[C@@H]2OC(=O)CCC(=O)O. The second-order valence-electron chi connectivity index (χ2n) is 8.79. The molecule has 2 N–H and O–H groups in total. The Morgan fingerprint density at radius 1 is 1.19 bits per heavy atom. The van der Waals surface area contributed by atoms with Gasteiger partial charge in [-0.2, -0.15) is 0 Å². The smallest absolute Gasteiger partial charge is 0.306 e. The summed E-state index contributed by atoms with van der Waals surface area (Å²) in [6.45, 7) is 2.27. The van der Waals surface area contributed by atoms with Crippen LogP contribution in [0, 0.1) is 17.3 Å². The van der Waals surface area contributed by atoms with E-state index in [1.807, 2.05) is 6.07 Å². The summed E-state index contributed by atoms with van der Waals surface area (Å²) in [6, 6.07) is 5.82. The predicted molar refractivity (Wildman–Crippen MR) is 99.5 cm³/mol. The number of carbonyl (C=O) groups excluding carboxylic acids is 1. The van der Waals surface area contributed by atoms with Gasteiger partial charge in [-0.3, -0.25) is 9.59 Å². The molecule has 0 heterocycles. The minimum Gasteiger partial charge on any atom is -0.508 e. The fourth-order valence-electron chi connectivity index (χ4n) is 6.14. The lowest BCUT2D eigenvalue weighted by Gasteiger charge is -2.50. The van der Waals surface area contributed by atoms with E-state index in [2.05, 4.69) is 13.0 Å². The van der Waals surface area contributed by atoms with Gasteiger partial charge in [-0.15, -0.1) is 0 Å². The molecule has 27 heavy (non-hydrogen) atoms. The second-order valence-corrected chi connectivity index (χ2v) is 8.79. The number of phenolic OH excluding ortho intramolecular Hbond substituents is 1. The largest absolute Gasteiger partial charge is 0.508 e. The second kappa shape index (κ2) is 6.84. The minimum absolute atomic E-state index is 0.00548. The maximum absolute atomic E-state index is 12.1. The monoisotopic (exact) mass is 372 g/mol. The van der Waals surface area contributed by atoms with Crippen molar-refractivity contribution in [2.24, 2.45) is 17.3 Å². The number of rotatable bonds is 4. The van der Waals surface area contributed by atoms with Crippen molar-refractivity contribution in [3.63, 3.8) is 0 Å². The quantitative estimate of drug-likeness (QED) is 0.780. The molecule has 1 aromatic carbocycles. The zero-order valence-electron chi connectivity index (χ0n) is 15.8. The van der Waals surface area contributed by atoms with Crippen molar-refractivity contribution >= 4 is 11.9 Å². The number of phenols is 1. The van der Waals surface area contributed by atoms with E-state index in [1.165, 1.54) is 11.1 Å². The number of esters is 1. The van der Waals surface area contributed by atoms with Crippen LogP contribution in [0.3, 0.4) is 0 Å². The maximum atomic E-state index is 12.1. The molecular formula is C22H28O5. The van der Waals surface area contributed by atoms with Crippen LogP contribution in [0.4, 0.5) is 0 Å². The number of carboxylic acid groups (broad SMARTS) is 1. The van der Waals surface area contributed by atoms with Crippen LogP contribution in [0.5, 0.6) is 5.75 Å². The van der Waals surface area contributed by atoms with E-state index in [-0.39, 0.29) is 30.3 Å². The van der Waals surface area contributed by atoms with Gasteiger partial charge >= 0.3 is 11.9 Å². The first-order valence-corrected chi connectivity index (χ1v) is 10.1. The first-order valence-electron chi connectivity index (χ1n) is 10.1. The minimum atomic E-state index is -0.963. The van der Waals surface area contributed by atoms with Crippen LogP contribution < -0.4 is 0 Å². The molecule has 4 rings (SSSR count). The van der Waals surface area contributed by atoms with E-state index in [1.54, 1.807) is 6.07 Å². The Balaban J connectivity index is 1.49. The number of carboxylic acids is 1. The van der Waals surface area contributed by atoms with Gasteiger partial charge in [-0.05, 0) is 79.5 Å². The standard InChI is InChI=1S/C22H28O5/c1-22-11-10-16-15-5-3-14(23)12-13(15)2-4-17(16)18(22)6-7-19(22)27-21(26)9-8-20(24)25/h3,5,12,16-19,23H,2,4,6-11H2,1H3,(H,24,25)/t16-,17-,18+,19+,22-/m1/s1. The van der Waals surface area contributed by atoms with Crippen molar-refractivity contribution in [1.29, 1.82) is 0 Å². The molecule has 2 fully saturated rings. The zero-order chi connectivity index (χ0) is 19.2. The number of benzene rings is 1. The molecule has 0 saturated heterocycles. The van der Waals surface area contributed by atoms with Crippen LogP contribution >= 0.6 is 0 Å². The summed E-state index contributed by atoms with van der Waals surface area (Å²) < 4.78 is 5.76. The number of hydrogen-bond donors (Lipinski definition) is 2. The molecule has 3 aliphatic carbocycles. The van der Waals surface area contributed by atoms with Crippen molar-refractivity contribution in [1.82, 2.24) is 0 Å². The molecule has 5 heteroatoms. The number of aliphatic carboxylic acids is 1. The van der Waals surface area contributed by atoms with Gasteiger partial charge in [-0.1, -0.05) is 13.0 Å². The molecule has 5 nitrogen and oxygen atoms in total. The summed E-state index contributed by atoms with van der Waals surface area (Å²) in [5.74, 6) is 0.681. The number of ether oxygens (including phenoxy) is 1. The first-order chi connectivity index (χ1) is 12.9. The molecular weight excluding hydrogens is 344 g/mol. The van der Waals surface area contributed by atoms with Crippen molar-refractivity contribution in [3.05, 3.63) is 29.3 Å². The molecule has 5 atom stereocenters. The number of aryl methyl sites for hydroxylation is 1. The van der Waals surface area contributed by atoms with Gasteiger partial charge in [0.25, 0.3) is 0 Å². The lowest BCUT2D eigenvalue weighted by atomic mass is 9.55. The van der Waals surface area contributed by atoms with E-state index < -0.39 is 5.97 Å². The summed E-state index contributed by atoms with van der Waals surface area (Å²) in [4.78, 5) is 22.8. The van der Waals surface area contributed by atoms with Crippen LogP contribution in [0.2, 0.25) is 0 Å². The Bertz CT molecular complexity index is 757. The molecule has 1 aromatic rings. The predicted octanol–water partition coefficient (Wildman–Crippen LogP) is 4.02. The Morgan fingerprint density at radius 2 is 2.00 bits per heavy atom. The van der Waals surface area contributed by atoms with Gasteiger partial charge in [0, 0.05) is 5.41 Å². The molecule has 0 spiro atoms. The summed E-state index contributed by atoms with van der Waals surface area (Å²) in [7, 11) is 0. The van der Waals surface area contributed by atoms with Crippen LogP contribution in [0.15, 0.2) is 18.2 Å². The van der Waals surface area contributed by atoms with Crippen molar-refractivity contribution in [2.45, 2.75) is 70.3 Å². The molecule has 2 saturated carbocycles. The summed E-state index contributed by atoms with van der Waals surface area (Å²) in [5, 5.41) is 18.6. The van der Waals surface area contributed by atoms with Gasteiger partial charge in [0.1, 0.15) is 11.9 Å². The lowest BCUT2D eigenvalue weighted by molar-refractivity contribution is -0.159. The summed E-state index contributed by atoms with van der Waals surface area (Å²) in [5.41, 5.74) is 2.68. The van der Waals surface area contributed by atoms with Crippen LogP contribution in [-0.2, 0) is 20.7 Å². The molecule has 0 unspecified atom stereocenters. The Morgan fingerprint density at radius 3 is 2.78 bits per heavy atom. The zero-order valence-corrected chi connectivity index (χ0v) is 15.8. The first kappa shape index (κ1) is 18.3. The third-order valence-electron chi connectivity index (χ3n) is 7.44.